The average Bonchev–Trinajstić information content (AvgIpc) is 3.41. The van der Waals surface area contributed by atoms with E-state index in [1.807, 2.05) is 12.1 Å². The van der Waals surface area contributed by atoms with Crippen molar-refractivity contribution in [3.8, 4) is 0 Å². The van der Waals surface area contributed by atoms with E-state index in [9.17, 15) is 14.0 Å². The quantitative estimate of drug-likeness (QED) is 0.813. The lowest BCUT2D eigenvalue weighted by molar-refractivity contribution is -0.117. The summed E-state index contributed by atoms with van der Waals surface area (Å²) in [7, 11) is 0. The minimum absolute atomic E-state index is 0.00214. The van der Waals surface area contributed by atoms with Gasteiger partial charge in [0.1, 0.15) is 5.82 Å². The number of halogens is 2. The van der Waals surface area contributed by atoms with Crippen molar-refractivity contribution in [3.63, 3.8) is 0 Å². The number of hydrogen-bond acceptors (Lipinski definition) is 2. The van der Waals surface area contributed by atoms with Gasteiger partial charge < -0.3 is 10.6 Å². The van der Waals surface area contributed by atoms with Crippen molar-refractivity contribution >= 4 is 33.4 Å². The van der Waals surface area contributed by atoms with Gasteiger partial charge >= 0.3 is 0 Å². The van der Waals surface area contributed by atoms with Crippen LogP contribution < -0.4 is 10.6 Å². The van der Waals surface area contributed by atoms with Crippen LogP contribution in [0.5, 0.6) is 0 Å². The second-order valence-corrected chi connectivity index (χ2v) is 6.68. The van der Waals surface area contributed by atoms with Crippen molar-refractivity contribution in [1.82, 2.24) is 5.32 Å². The van der Waals surface area contributed by atoms with Gasteiger partial charge in [0.05, 0.1) is 5.56 Å². The van der Waals surface area contributed by atoms with Gasteiger partial charge in [-0.05, 0) is 48.7 Å². The third kappa shape index (κ3) is 4.20. The Balaban J connectivity index is 1.57. The molecular weight excluding hydrogens is 375 g/mol. The summed E-state index contributed by atoms with van der Waals surface area (Å²) in [6, 6.07) is 11.5. The standard InChI is InChI=1S/C18H16BrFN2O2/c19-13-5-8-16(20)15(9-13)18(24)21-10-11-1-6-14(7-2-11)22-17(23)12-3-4-12/h1-2,5-9,12H,3-4,10H2,(H,21,24)(H,22,23). The van der Waals surface area contributed by atoms with Crippen LogP contribution >= 0.6 is 15.9 Å². The number of nitrogens with one attached hydrogen (secondary N) is 2. The van der Waals surface area contributed by atoms with Crippen molar-refractivity contribution < 1.29 is 14.0 Å². The minimum atomic E-state index is -0.561. The van der Waals surface area contributed by atoms with Gasteiger partial charge in [-0.15, -0.1) is 0 Å². The maximum absolute atomic E-state index is 13.7. The predicted molar refractivity (Wildman–Crippen MR) is 93.1 cm³/mol. The Morgan fingerprint density at radius 1 is 1.12 bits per heavy atom. The molecule has 1 aliphatic rings. The molecule has 1 saturated carbocycles. The molecular formula is C18H16BrFN2O2. The number of benzene rings is 2. The van der Waals surface area contributed by atoms with Gasteiger partial charge in [0, 0.05) is 22.6 Å². The van der Waals surface area contributed by atoms with Gasteiger partial charge in [0.25, 0.3) is 5.91 Å². The fourth-order valence-electron chi connectivity index (χ4n) is 2.24. The van der Waals surface area contributed by atoms with Crippen LogP contribution in [0.3, 0.4) is 0 Å². The average molecular weight is 391 g/mol. The summed E-state index contributed by atoms with van der Waals surface area (Å²) >= 11 is 3.22. The van der Waals surface area contributed by atoms with E-state index in [2.05, 4.69) is 26.6 Å². The van der Waals surface area contributed by atoms with Gasteiger partial charge in [-0.3, -0.25) is 9.59 Å². The van der Waals surface area contributed by atoms with Gasteiger partial charge in [-0.2, -0.15) is 0 Å². The number of anilines is 1. The molecule has 0 bridgehead atoms. The van der Waals surface area contributed by atoms with Gasteiger partial charge in [0.15, 0.2) is 0 Å². The molecule has 0 spiro atoms. The number of amides is 2. The van der Waals surface area contributed by atoms with Crippen LogP contribution in [0.15, 0.2) is 46.9 Å². The van der Waals surface area contributed by atoms with Crippen LogP contribution in [0, 0.1) is 11.7 Å². The summed E-state index contributed by atoms with van der Waals surface area (Å²) < 4.78 is 14.3. The highest BCUT2D eigenvalue weighted by molar-refractivity contribution is 9.10. The van der Waals surface area contributed by atoms with E-state index in [1.54, 1.807) is 18.2 Å². The molecule has 0 heterocycles. The maximum atomic E-state index is 13.7. The lowest BCUT2D eigenvalue weighted by Crippen LogP contribution is -2.23. The largest absolute Gasteiger partial charge is 0.348 e. The van der Waals surface area contributed by atoms with Crippen molar-refractivity contribution in [2.24, 2.45) is 5.92 Å². The van der Waals surface area contributed by atoms with Crippen molar-refractivity contribution in [2.75, 3.05) is 5.32 Å². The minimum Gasteiger partial charge on any atom is -0.348 e. The smallest absolute Gasteiger partial charge is 0.254 e. The summed E-state index contributed by atoms with van der Waals surface area (Å²) in [4.78, 5) is 23.7. The zero-order valence-corrected chi connectivity index (χ0v) is 14.4. The van der Waals surface area contributed by atoms with E-state index >= 15 is 0 Å². The highest BCUT2D eigenvalue weighted by atomic mass is 79.9. The molecule has 2 aromatic rings. The molecule has 3 rings (SSSR count). The Hall–Kier alpha value is -2.21. The topological polar surface area (TPSA) is 58.2 Å². The van der Waals surface area contributed by atoms with E-state index in [4.69, 9.17) is 0 Å². The lowest BCUT2D eigenvalue weighted by Gasteiger charge is -2.08. The van der Waals surface area contributed by atoms with E-state index in [0.29, 0.717) is 4.47 Å². The van der Waals surface area contributed by atoms with Crippen molar-refractivity contribution in [2.45, 2.75) is 19.4 Å². The summed E-state index contributed by atoms with van der Waals surface area (Å²) in [6.45, 7) is 0.279. The molecule has 2 amide bonds. The first-order valence-electron chi connectivity index (χ1n) is 7.66. The van der Waals surface area contributed by atoms with Crippen LogP contribution in [-0.4, -0.2) is 11.8 Å². The number of hydrogen-bond donors (Lipinski definition) is 2. The number of carbonyl (C=O) groups excluding carboxylic acids is 2. The highest BCUT2D eigenvalue weighted by Crippen LogP contribution is 2.30. The molecule has 0 aromatic heterocycles. The summed E-state index contributed by atoms with van der Waals surface area (Å²) in [5.74, 6) is -0.820. The Morgan fingerprint density at radius 3 is 2.50 bits per heavy atom. The summed E-state index contributed by atoms with van der Waals surface area (Å²) in [5.41, 5.74) is 1.60. The number of rotatable bonds is 5. The zero-order valence-electron chi connectivity index (χ0n) is 12.8. The van der Waals surface area contributed by atoms with E-state index in [1.165, 1.54) is 12.1 Å². The fraction of sp³-hybridized carbons (Fsp3) is 0.222. The number of carbonyl (C=O) groups is 2. The predicted octanol–water partition coefficient (Wildman–Crippen LogP) is 3.87. The second-order valence-electron chi connectivity index (χ2n) is 5.77. The first kappa shape index (κ1) is 16.6. The molecule has 2 N–H and O–H groups in total. The first-order valence-corrected chi connectivity index (χ1v) is 8.45. The lowest BCUT2D eigenvalue weighted by atomic mass is 10.1. The summed E-state index contributed by atoms with van der Waals surface area (Å²) in [5, 5.41) is 5.54. The normalized spacial score (nSPS) is 13.4. The molecule has 0 aliphatic heterocycles. The molecule has 24 heavy (non-hydrogen) atoms. The molecule has 0 atom stereocenters. The van der Waals surface area contributed by atoms with Crippen LogP contribution in [0.2, 0.25) is 0 Å². The Bertz CT molecular complexity index is 773. The van der Waals surface area contributed by atoms with E-state index in [0.717, 1.165) is 24.1 Å². The fourth-order valence-corrected chi connectivity index (χ4v) is 2.61. The van der Waals surface area contributed by atoms with E-state index < -0.39 is 11.7 Å². The van der Waals surface area contributed by atoms with Crippen LogP contribution in [0.25, 0.3) is 0 Å². The van der Waals surface area contributed by atoms with Crippen molar-refractivity contribution in [1.29, 1.82) is 0 Å². The van der Waals surface area contributed by atoms with Crippen molar-refractivity contribution in [3.05, 3.63) is 63.9 Å². The summed E-state index contributed by atoms with van der Waals surface area (Å²) in [6.07, 6.45) is 1.92. The van der Waals surface area contributed by atoms with Gasteiger partial charge in [-0.25, -0.2) is 4.39 Å². The molecule has 0 saturated heterocycles. The van der Waals surface area contributed by atoms with Gasteiger partial charge in [-0.1, -0.05) is 28.1 Å². The Morgan fingerprint density at radius 2 is 1.83 bits per heavy atom. The molecule has 0 unspecified atom stereocenters. The SMILES string of the molecule is O=C(NCc1ccc(NC(=O)C2CC2)cc1)c1cc(Br)ccc1F. The Labute approximate surface area is 147 Å². The molecule has 2 aromatic carbocycles. The third-order valence-electron chi connectivity index (χ3n) is 3.80. The molecule has 4 nitrogen and oxygen atoms in total. The molecule has 124 valence electrons. The van der Waals surface area contributed by atoms with Crippen LogP contribution in [0.4, 0.5) is 10.1 Å². The third-order valence-corrected chi connectivity index (χ3v) is 4.29. The molecule has 1 aliphatic carbocycles. The van der Waals surface area contributed by atoms with Crippen LogP contribution in [-0.2, 0) is 11.3 Å². The van der Waals surface area contributed by atoms with Gasteiger partial charge in [0.2, 0.25) is 5.91 Å². The first-order chi connectivity index (χ1) is 11.5. The molecule has 0 radical (unpaired) electrons. The molecule has 6 heteroatoms. The molecule has 1 fully saturated rings. The zero-order chi connectivity index (χ0) is 17.1. The Kier molecular flexibility index (Phi) is 4.94. The van der Waals surface area contributed by atoms with E-state index in [-0.39, 0.29) is 23.9 Å². The maximum Gasteiger partial charge on any atom is 0.254 e. The monoisotopic (exact) mass is 390 g/mol. The highest BCUT2D eigenvalue weighted by Gasteiger charge is 2.29. The second kappa shape index (κ2) is 7.13. The van der Waals surface area contributed by atoms with Crippen LogP contribution in [0.1, 0.15) is 28.8 Å².